The molecule has 0 aliphatic heterocycles. The largest absolute Gasteiger partial charge is 0.497 e. The zero-order valence-electron chi connectivity index (χ0n) is 11.1. The third-order valence-corrected chi connectivity index (χ3v) is 4.70. The lowest BCUT2D eigenvalue weighted by molar-refractivity contribution is -0.120. The molecule has 0 aliphatic carbocycles. The van der Waals surface area contributed by atoms with Crippen LogP contribution in [0.2, 0.25) is 0 Å². The highest BCUT2D eigenvalue weighted by Gasteiger charge is 2.05. The van der Waals surface area contributed by atoms with Gasteiger partial charge in [0, 0.05) is 28.7 Å². The number of benzene rings is 1. The van der Waals surface area contributed by atoms with E-state index in [2.05, 4.69) is 49.0 Å². The summed E-state index contributed by atoms with van der Waals surface area (Å²) in [5, 5.41) is 3.86. The van der Waals surface area contributed by atoms with Gasteiger partial charge in [-0.3, -0.25) is 4.79 Å². The molecule has 0 unspecified atom stereocenters. The summed E-state index contributed by atoms with van der Waals surface area (Å²) in [5.41, 5.74) is 3.35. The molecule has 1 aromatic carbocycles. The summed E-state index contributed by atoms with van der Waals surface area (Å²) in [7, 11) is 1.60. The summed E-state index contributed by atoms with van der Waals surface area (Å²) in [4.78, 5) is 11.7. The maximum absolute atomic E-state index is 11.7. The van der Waals surface area contributed by atoms with Gasteiger partial charge in [0.15, 0.2) is 3.77 Å². The molecular weight excluding hydrogens is 451 g/mol. The second kappa shape index (κ2) is 7.60. The van der Waals surface area contributed by atoms with Crippen molar-refractivity contribution in [2.45, 2.75) is 6.42 Å². The van der Waals surface area contributed by atoms with E-state index in [1.54, 1.807) is 13.2 Å². The van der Waals surface area contributed by atoms with Crippen LogP contribution in [0.3, 0.4) is 0 Å². The first-order chi connectivity index (χ1) is 10.1. The van der Waals surface area contributed by atoms with Gasteiger partial charge in [-0.25, -0.2) is 5.43 Å². The first-order valence-corrected chi connectivity index (χ1v) is 7.85. The van der Waals surface area contributed by atoms with Gasteiger partial charge in [0.25, 0.3) is 0 Å². The Kier molecular flexibility index (Phi) is 5.80. The fraction of sp³-hybridized carbons (Fsp3) is 0.143. The molecule has 0 aliphatic rings. The van der Waals surface area contributed by atoms with E-state index in [1.165, 1.54) is 6.21 Å². The molecule has 0 fully saturated rings. The highest BCUT2D eigenvalue weighted by atomic mass is 127. The number of halogens is 2. The molecule has 1 N–H and O–H groups in total. The van der Waals surface area contributed by atoms with Crippen molar-refractivity contribution in [3.63, 3.8) is 0 Å². The van der Waals surface area contributed by atoms with Gasteiger partial charge in [0.05, 0.1) is 24.2 Å². The summed E-state index contributed by atoms with van der Waals surface area (Å²) < 4.78 is 12.0. The van der Waals surface area contributed by atoms with E-state index in [0.717, 1.165) is 19.6 Å². The lowest BCUT2D eigenvalue weighted by Gasteiger charge is -2.02. The zero-order valence-corrected chi connectivity index (χ0v) is 14.8. The van der Waals surface area contributed by atoms with Crippen LogP contribution in [0.1, 0.15) is 11.3 Å². The topological polar surface area (TPSA) is 63.8 Å². The van der Waals surface area contributed by atoms with E-state index in [9.17, 15) is 4.79 Å². The minimum absolute atomic E-state index is 0.197. The van der Waals surface area contributed by atoms with Crippen LogP contribution < -0.4 is 10.2 Å². The van der Waals surface area contributed by atoms with Gasteiger partial charge >= 0.3 is 0 Å². The van der Waals surface area contributed by atoms with Crippen LogP contribution in [0, 0.1) is 3.77 Å². The molecule has 1 amide bonds. The van der Waals surface area contributed by atoms with Gasteiger partial charge in [-0.2, -0.15) is 5.10 Å². The van der Waals surface area contributed by atoms with Gasteiger partial charge in [0.1, 0.15) is 11.5 Å². The molecule has 5 nitrogen and oxygen atoms in total. The Hall–Kier alpha value is -1.35. The number of amides is 1. The van der Waals surface area contributed by atoms with E-state index in [4.69, 9.17) is 9.15 Å². The highest BCUT2D eigenvalue weighted by Crippen LogP contribution is 2.21. The second-order valence-corrected chi connectivity index (χ2v) is 5.92. The standard InChI is InChI=1S/C14H12BrIN2O3/c1-20-10-4-2-9(3-5-10)6-13(19)18-17-8-11-7-12(15)14(16)21-11/h2-5,7-8H,6H2,1H3,(H,18,19)/b17-8+. The number of furan rings is 1. The van der Waals surface area contributed by atoms with Gasteiger partial charge in [-0.15, -0.1) is 0 Å². The van der Waals surface area contributed by atoms with Crippen molar-refractivity contribution in [1.82, 2.24) is 5.43 Å². The minimum atomic E-state index is -0.197. The Bertz CT molecular complexity index is 633. The van der Waals surface area contributed by atoms with Crippen molar-refractivity contribution < 1.29 is 13.9 Å². The second-order valence-electron chi connectivity index (χ2n) is 4.09. The lowest BCUT2D eigenvalue weighted by atomic mass is 10.1. The van der Waals surface area contributed by atoms with E-state index in [-0.39, 0.29) is 12.3 Å². The SMILES string of the molecule is COc1ccc(CC(=O)N/N=C/c2cc(Br)c(I)o2)cc1. The number of ether oxygens (including phenoxy) is 1. The van der Waals surface area contributed by atoms with Crippen molar-refractivity contribution in [3.05, 3.63) is 49.9 Å². The minimum Gasteiger partial charge on any atom is -0.497 e. The molecule has 1 heterocycles. The third kappa shape index (κ3) is 4.85. The van der Waals surface area contributed by atoms with E-state index < -0.39 is 0 Å². The molecule has 110 valence electrons. The zero-order chi connectivity index (χ0) is 15.2. The van der Waals surface area contributed by atoms with Crippen LogP contribution in [0.25, 0.3) is 0 Å². The highest BCUT2D eigenvalue weighted by molar-refractivity contribution is 14.1. The summed E-state index contributed by atoms with van der Waals surface area (Å²) in [6.07, 6.45) is 1.71. The van der Waals surface area contributed by atoms with Crippen LogP contribution in [-0.2, 0) is 11.2 Å². The van der Waals surface area contributed by atoms with Gasteiger partial charge < -0.3 is 9.15 Å². The molecule has 0 bridgehead atoms. The maximum Gasteiger partial charge on any atom is 0.244 e. The number of hydrogen-bond donors (Lipinski definition) is 1. The number of carbonyl (C=O) groups excluding carboxylic acids is 1. The lowest BCUT2D eigenvalue weighted by Crippen LogP contribution is -2.19. The number of nitrogens with zero attached hydrogens (tertiary/aromatic N) is 1. The molecule has 1 aromatic heterocycles. The van der Waals surface area contributed by atoms with Crippen molar-refractivity contribution in [2.24, 2.45) is 5.10 Å². The van der Waals surface area contributed by atoms with Crippen LogP contribution in [0.15, 0.2) is 44.3 Å². The monoisotopic (exact) mass is 462 g/mol. The van der Waals surface area contributed by atoms with Crippen molar-refractivity contribution >= 4 is 50.6 Å². The van der Waals surface area contributed by atoms with Crippen molar-refractivity contribution in [1.29, 1.82) is 0 Å². The van der Waals surface area contributed by atoms with Crippen LogP contribution in [0.5, 0.6) is 5.75 Å². The number of carbonyl (C=O) groups is 1. The molecular formula is C14H12BrIN2O3. The van der Waals surface area contributed by atoms with E-state index in [1.807, 2.05) is 24.3 Å². The van der Waals surface area contributed by atoms with Crippen molar-refractivity contribution in [3.8, 4) is 5.75 Å². The number of nitrogens with one attached hydrogen (secondary N) is 1. The Morgan fingerprint density at radius 2 is 2.19 bits per heavy atom. The maximum atomic E-state index is 11.7. The molecule has 0 radical (unpaired) electrons. The Morgan fingerprint density at radius 3 is 2.76 bits per heavy atom. The quantitative estimate of drug-likeness (QED) is 0.421. The summed E-state index contributed by atoms with van der Waals surface area (Å²) in [5.74, 6) is 1.13. The molecule has 2 aromatic rings. The summed E-state index contributed by atoms with van der Waals surface area (Å²) in [6, 6.07) is 9.09. The fourth-order valence-corrected chi connectivity index (χ4v) is 2.28. The van der Waals surface area contributed by atoms with Gasteiger partial charge in [0.2, 0.25) is 5.91 Å². The number of rotatable bonds is 5. The Labute approximate surface area is 144 Å². The van der Waals surface area contributed by atoms with Crippen LogP contribution in [0.4, 0.5) is 0 Å². The third-order valence-electron chi connectivity index (χ3n) is 2.57. The fourth-order valence-electron chi connectivity index (χ4n) is 1.56. The number of hydrazone groups is 1. The predicted octanol–water partition coefficient (Wildman–Crippen LogP) is 3.35. The van der Waals surface area contributed by atoms with Crippen LogP contribution >= 0.6 is 38.5 Å². The molecule has 0 atom stereocenters. The van der Waals surface area contributed by atoms with Gasteiger partial charge in [-0.1, -0.05) is 12.1 Å². The average molecular weight is 463 g/mol. The molecule has 0 spiro atoms. The Balaban J connectivity index is 1.86. The summed E-state index contributed by atoms with van der Waals surface area (Å²) >= 11 is 5.39. The molecule has 21 heavy (non-hydrogen) atoms. The average Bonchev–Trinajstić information content (AvgIpc) is 2.78. The summed E-state index contributed by atoms with van der Waals surface area (Å²) in [6.45, 7) is 0. The Morgan fingerprint density at radius 1 is 1.48 bits per heavy atom. The van der Waals surface area contributed by atoms with E-state index >= 15 is 0 Å². The number of hydrogen-bond acceptors (Lipinski definition) is 4. The molecule has 0 saturated heterocycles. The molecule has 0 saturated carbocycles. The molecule has 2 rings (SSSR count). The first kappa shape index (κ1) is 16.0. The van der Waals surface area contributed by atoms with E-state index in [0.29, 0.717) is 5.76 Å². The van der Waals surface area contributed by atoms with Gasteiger partial charge in [-0.05, 0) is 33.6 Å². The van der Waals surface area contributed by atoms with Crippen LogP contribution in [-0.4, -0.2) is 19.2 Å². The smallest absolute Gasteiger partial charge is 0.244 e. The number of methoxy groups -OCH3 is 1. The first-order valence-electron chi connectivity index (χ1n) is 5.98. The normalized spacial score (nSPS) is 10.8. The predicted molar refractivity (Wildman–Crippen MR) is 91.6 cm³/mol. The molecule has 7 heteroatoms. The van der Waals surface area contributed by atoms with Crippen molar-refractivity contribution in [2.75, 3.05) is 7.11 Å².